The van der Waals surface area contributed by atoms with Gasteiger partial charge in [0.1, 0.15) is 0 Å². The van der Waals surface area contributed by atoms with Crippen molar-refractivity contribution in [2.45, 2.75) is 57.3 Å². The minimum atomic E-state index is 0.0915. The molecule has 2 N–H and O–H groups in total. The van der Waals surface area contributed by atoms with Gasteiger partial charge in [0.25, 0.3) is 0 Å². The van der Waals surface area contributed by atoms with Crippen LogP contribution in [0.25, 0.3) is 0 Å². The molecule has 1 aliphatic heterocycles. The monoisotopic (exact) mass is 278 g/mol. The van der Waals surface area contributed by atoms with Crippen molar-refractivity contribution in [1.29, 1.82) is 0 Å². The van der Waals surface area contributed by atoms with Gasteiger partial charge in [-0.3, -0.25) is 9.58 Å². The summed E-state index contributed by atoms with van der Waals surface area (Å²) in [5, 5.41) is 4.76. The van der Waals surface area contributed by atoms with Gasteiger partial charge in [0.15, 0.2) is 0 Å². The van der Waals surface area contributed by atoms with Crippen molar-refractivity contribution in [1.82, 2.24) is 14.7 Å². The van der Waals surface area contributed by atoms with Crippen LogP contribution in [0, 0.1) is 0 Å². The maximum atomic E-state index is 5.94. The van der Waals surface area contributed by atoms with Crippen molar-refractivity contribution in [3.05, 3.63) is 18.0 Å². The third-order valence-electron chi connectivity index (χ3n) is 4.51. The molecular weight excluding hydrogens is 252 g/mol. The van der Waals surface area contributed by atoms with Crippen LogP contribution in [0.1, 0.15) is 44.3 Å². The Kier molecular flexibility index (Phi) is 4.38. The second-order valence-electron chi connectivity index (χ2n) is 6.23. The Morgan fingerprint density at radius 1 is 1.45 bits per heavy atom. The van der Waals surface area contributed by atoms with Gasteiger partial charge in [0, 0.05) is 31.9 Å². The first-order valence-electron chi connectivity index (χ1n) is 7.86. The molecule has 5 heteroatoms. The molecule has 0 aromatic carbocycles. The molecule has 2 aliphatic rings. The van der Waals surface area contributed by atoms with Crippen LogP contribution in [0.15, 0.2) is 12.3 Å². The van der Waals surface area contributed by atoms with Crippen LogP contribution in [-0.2, 0) is 11.3 Å². The standard InChI is InChI=1S/C15H26N4O/c1-12(16)15-11-18(8-9-20-15)10-13-6-7-19(17-13)14-4-2-3-5-14/h6-7,12,14-15H,2-5,8-11,16H2,1H3. The van der Waals surface area contributed by atoms with Crippen molar-refractivity contribution in [3.63, 3.8) is 0 Å². The predicted molar refractivity (Wildman–Crippen MR) is 78.4 cm³/mol. The zero-order valence-electron chi connectivity index (χ0n) is 12.4. The van der Waals surface area contributed by atoms with Gasteiger partial charge in [-0.1, -0.05) is 12.8 Å². The number of morpholine rings is 1. The molecule has 20 heavy (non-hydrogen) atoms. The Hall–Kier alpha value is -0.910. The van der Waals surface area contributed by atoms with E-state index < -0.39 is 0 Å². The smallest absolute Gasteiger partial charge is 0.0850 e. The molecule has 1 aliphatic carbocycles. The third-order valence-corrected chi connectivity index (χ3v) is 4.51. The van der Waals surface area contributed by atoms with Gasteiger partial charge >= 0.3 is 0 Å². The zero-order valence-corrected chi connectivity index (χ0v) is 12.4. The van der Waals surface area contributed by atoms with E-state index in [-0.39, 0.29) is 12.1 Å². The Bertz CT molecular complexity index is 425. The Balaban J connectivity index is 1.57. The van der Waals surface area contributed by atoms with E-state index in [4.69, 9.17) is 15.6 Å². The highest BCUT2D eigenvalue weighted by Crippen LogP contribution is 2.28. The highest BCUT2D eigenvalue weighted by Gasteiger charge is 2.24. The van der Waals surface area contributed by atoms with E-state index >= 15 is 0 Å². The lowest BCUT2D eigenvalue weighted by Gasteiger charge is -2.34. The summed E-state index contributed by atoms with van der Waals surface area (Å²) in [6, 6.07) is 2.88. The normalized spacial score (nSPS) is 27.0. The summed E-state index contributed by atoms with van der Waals surface area (Å²) in [5.41, 5.74) is 7.11. The van der Waals surface area contributed by atoms with Gasteiger partial charge in [-0.15, -0.1) is 0 Å². The quantitative estimate of drug-likeness (QED) is 0.908. The van der Waals surface area contributed by atoms with Crippen LogP contribution in [0.3, 0.4) is 0 Å². The summed E-state index contributed by atoms with van der Waals surface area (Å²) in [7, 11) is 0. The van der Waals surface area contributed by atoms with Crippen molar-refractivity contribution in [2.75, 3.05) is 19.7 Å². The van der Waals surface area contributed by atoms with Crippen molar-refractivity contribution >= 4 is 0 Å². The summed E-state index contributed by atoms with van der Waals surface area (Å²) in [5.74, 6) is 0. The fourth-order valence-corrected chi connectivity index (χ4v) is 3.26. The molecule has 0 spiro atoms. The van der Waals surface area contributed by atoms with Crippen molar-refractivity contribution in [3.8, 4) is 0 Å². The second-order valence-corrected chi connectivity index (χ2v) is 6.23. The highest BCUT2D eigenvalue weighted by atomic mass is 16.5. The molecule has 2 fully saturated rings. The molecule has 3 rings (SSSR count). The molecule has 1 saturated heterocycles. The maximum absolute atomic E-state index is 5.94. The molecule has 2 atom stereocenters. The van der Waals surface area contributed by atoms with E-state index in [0.717, 1.165) is 26.2 Å². The van der Waals surface area contributed by atoms with Crippen LogP contribution >= 0.6 is 0 Å². The Morgan fingerprint density at radius 2 is 2.25 bits per heavy atom. The summed E-state index contributed by atoms with van der Waals surface area (Å²) >= 11 is 0. The maximum Gasteiger partial charge on any atom is 0.0850 e. The van der Waals surface area contributed by atoms with Gasteiger partial charge < -0.3 is 10.5 Å². The first kappa shape index (κ1) is 14.0. The first-order chi connectivity index (χ1) is 9.72. The molecule has 112 valence electrons. The topological polar surface area (TPSA) is 56.3 Å². The van der Waals surface area contributed by atoms with Crippen LogP contribution in [-0.4, -0.2) is 46.5 Å². The largest absolute Gasteiger partial charge is 0.374 e. The van der Waals surface area contributed by atoms with Gasteiger partial charge in [-0.05, 0) is 25.8 Å². The molecule has 2 heterocycles. The molecule has 1 saturated carbocycles. The molecule has 0 bridgehead atoms. The summed E-state index contributed by atoms with van der Waals surface area (Å²) in [6.45, 7) is 5.58. The molecule has 0 radical (unpaired) electrons. The lowest BCUT2D eigenvalue weighted by Crippen LogP contribution is -2.49. The Morgan fingerprint density at radius 3 is 3.00 bits per heavy atom. The molecule has 1 aromatic heterocycles. The van der Waals surface area contributed by atoms with E-state index in [2.05, 4.69) is 21.8 Å². The fraction of sp³-hybridized carbons (Fsp3) is 0.800. The van der Waals surface area contributed by atoms with Gasteiger partial charge in [-0.2, -0.15) is 5.10 Å². The minimum Gasteiger partial charge on any atom is -0.374 e. The van der Waals surface area contributed by atoms with Crippen LogP contribution in [0.4, 0.5) is 0 Å². The van der Waals surface area contributed by atoms with Crippen LogP contribution < -0.4 is 5.73 Å². The number of nitrogens with two attached hydrogens (primary N) is 1. The van der Waals surface area contributed by atoms with Crippen LogP contribution in [0.5, 0.6) is 0 Å². The molecular formula is C15H26N4O. The lowest BCUT2D eigenvalue weighted by molar-refractivity contribution is -0.0407. The highest BCUT2D eigenvalue weighted by molar-refractivity contribution is 5.01. The zero-order chi connectivity index (χ0) is 13.9. The predicted octanol–water partition coefficient (Wildman–Crippen LogP) is 1.55. The summed E-state index contributed by atoms with van der Waals surface area (Å²) in [6.07, 6.45) is 7.56. The van der Waals surface area contributed by atoms with Crippen molar-refractivity contribution < 1.29 is 4.74 Å². The van der Waals surface area contributed by atoms with Crippen molar-refractivity contribution in [2.24, 2.45) is 5.73 Å². The fourth-order valence-electron chi connectivity index (χ4n) is 3.26. The molecule has 2 unspecified atom stereocenters. The average Bonchev–Trinajstić information content (AvgIpc) is 3.09. The molecule has 0 amide bonds. The Labute approximate surface area is 121 Å². The van der Waals surface area contributed by atoms with E-state index in [1.807, 2.05) is 6.92 Å². The SMILES string of the molecule is CC(N)C1CN(Cc2ccn(C3CCCC3)n2)CCO1. The average molecular weight is 278 g/mol. The van der Waals surface area contributed by atoms with Gasteiger partial charge in [0.05, 0.1) is 24.4 Å². The molecule has 1 aromatic rings. The first-order valence-corrected chi connectivity index (χ1v) is 7.86. The number of nitrogens with zero attached hydrogens (tertiary/aromatic N) is 3. The number of aromatic nitrogens is 2. The van der Waals surface area contributed by atoms with E-state index in [1.54, 1.807) is 0 Å². The van der Waals surface area contributed by atoms with Gasteiger partial charge in [0.2, 0.25) is 0 Å². The van der Waals surface area contributed by atoms with Gasteiger partial charge in [-0.25, -0.2) is 0 Å². The second kappa shape index (κ2) is 6.24. The van der Waals surface area contributed by atoms with E-state index in [0.29, 0.717) is 6.04 Å². The molecule has 5 nitrogen and oxygen atoms in total. The summed E-state index contributed by atoms with van der Waals surface area (Å²) < 4.78 is 7.87. The minimum absolute atomic E-state index is 0.0915. The lowest BCUT2D eigenvalue weighted by atomic mass is 10.1. The van der Waals surface area contributed by atoms with Crippen LogP contribution in [0.2, 0.25) is 0 Å². The van der Waals surface area contributed by atoms with E-state index in [9.17, 15) is 0 Å². The number of ether oxygens (including phenoxy) is 1. The third kappa shape index (κ3) is 3.22. The number of hydrogen-bond donors (Lipinski definition) is 1. The number of hydrogen-bond acceptors (Lipinski definition) is 4. The summed E-state index contributed by atoms with van der Waals surface area (Å²) in [4.78, 5) is 2.40. The number of rotatable bonds is 4. The van der Waals surface area contributed by atoms with E-state index in [1.165, 1.54) is 31.4 Å².